The van der Waals surface area contributed by atoms with Crippen molar-refractivity contribution in [2.24, 2.45) is 0 Å². The Morgan fingerprint density at radius 3 is 2.59 bits per heavy atom. The molecule has 0 N–H and O–H groups in total. The van der Waals surface area contributed by atoms with Crippen LogP contribution in [0, 0.1) is 0 Å². The third-order valence-electron chi connectivity index (χ3n) is 6.64. The van der Waals surface area contributed by atoms with E-state index in [2.05, 4.69) is 15.0 Å². The van der Waals surface area contributed by atoms with Crippen LogP contribution in [-0.2, 0) is 16.6 Å². The van der Waals surface area contributed by atoms with E-state index in [0.717, 1.165) is 12.8 Å². The molecule has 4 heterocycles. The van der Waals surface area contributed by atoms with Gasteiger partial charge in [-0.2, -0.15) is 9.40 Å². The first-order valence-corrected chi connectivity index (χ1v) is 13.1. The van der Waals surface area contributed by atoms with Gasteiger partial charge in [-0.25, -0.2) is 23.1 Å². The average molecular weight is 486 g/mol. The molecule has 2 aliphatic heterocycles. The third-order valence-corrected chi connectivity index (χ3v) is 8.54. The van der Waals surface area contributed by atoms with Crippen LogP contribution in [-0.4, -0.2) is 81.8 Å². The molecule has 3 aromatic rings. The lowest BCUT2D eigenvalue weighted by atomic mass is 10.1. The van der Waals surface area contributed by atoms with E-state index in [1.54, 1.807) is 22.5 Å². The fourth-order valence-corrected chi connectivity index (χ4v) is 6.19. The second-order valence-corrected chi connectivity index (χ2v) is 11.3. The molecule has 0 amide bonds. The number of hydrogen-bond acceptors (Lipinski definition) is 7. The lowest BCUT2D eigenvalue weighted by Crippen LogP contribution is -2.44. The zero-order valence-corrected chi connectivity index (χ0v) is 20.9. The van der Waals surface area contributed by atoms with Gasteiger partial charge in [0.2, 0.25) is 10.0 Å². The Hall–Kier alpha value is -2.76. The van der Waals surface area contributed by atoms with Gasteiger partial charge in [0.15, 0.2) is 5.82 Å². The number of imidazole rings is 1. The lowest BCUT2D eigenvalue weighted by molar-refractivity contribution is 0.196. The van der Waals surface area contributed by atoms with E-state index in [1.807, 2.05) is 43.4 Å². The van der Waals surface area contributed by atoms with Crippen molar-refractivity contribution in [1.82, 2.24) is 33.5 Å². The van der Waals surface area contributed by atoms with Crippen molar-refractivity contribution in [2.75, 3.05) is 33.8 Å². The van der Waals surface area contributed by atoms with Crippen LogP contribution < -0.4 is 4.74 Å². The van der Waals surface area contributed by atoms with E-state index in [1.165, 1.54) is 6.33 Å². The van der Waals surface area contributed by atoms with Crippen molar-refractivity contribution < 1.29 is 13.2 Å². The molecule has 0 atom stereocenters. The van der Waals surface area contributed by atoms with E-state index in [9.17, 15) is 8.42 Å². The first-order chi connectivity index (χ1) is 16.3. The normalized spacial score (nSPS) is 17.5. The van der Waals surface area contributed by atoms with Crippen LogP contribution in [0.25, 0.3) is 22.9 Å². The van der Waals surface area contributed by atoms with Gasteiger partial charge in [0.1, 0.15) is 30.2 Å². The van der Waals surface area contributed by atoms with Crippen molar-refractivity contribution in [3.05, 3.63) is 30.7 Å². The van der Waals surface area contributed by atoms with Crippen LogP contribution in [0.4, 0.5) is 0 Å². The van der Waals surface area contributed by atoms with Crippen molar-refractivity contribution in [2.45, 2.75) is 50.2 Å². The summed E-state index contributed by atoms with van der Waals surface area (Å²) < 4.78 is 38.3. The molecule has 0 unspecified atom stereocenters. The number of aromatic nitrogens is 5. The summed E-state index contributed by atoms with van der Waals surface area (Å²) in [6.45, 7) is 6.19. The van der Waals surface area contributed by atoms with Crippen LogP contribution in [0.1, 0.15) is 32.7 Å². The number of sulfonamides is 1. The van der Waals surface area contributed by atoms with Crippen molar-refractivity contribution in [1.29, 1.82) is 0 Å². The Balaban J connectivity index is 1.51. The predicted octanol–water partition coefficient (Wildman–Crippen LogP) is 2.50. The van der Waals surface area contributed by atoms with Gasteiger partial charge in [-0.05, 0) is 59.0 Å². The van der Waals surface area contributed by atoms with E-state index in [4.69, 9.17) is 9.72 Å². The molecule has 34 heavy (non-hydrogen) atoms. The lowest BCUT2D eigenvalue weighted by Gasteiger charge is -2.34. The molecule has 10 nitrogen and oxygen atoms in total. The molecule has 0 spiro atoms. The van der Waals surface area contributed by atoms with Crippen LogP contribution >= 0.6 is 0 Å². The van der Waals surface area contributed by atoms with Gasteiger partial charge in [-0.15, -0.1) is 0 Å². The molecular weight excluding hydrogens is 454 g/mol. The van der Waals surface area contributed by atoms with Crippen molar-refractivity contribution in [3.63, 3.8) is 0 Å². The topological polar surface area (TPSA) is 98.4 Å². The van der Waals surface area contributed by atoms with Gasteiger partial charge in [0, 0.05) is 31.4 Å². The number of fused-ring (bicyclic) bond motifs is 3. The maximum absolute atomic E-state index is 13.5. The number of ether oxygens (including phenoxy) is 1. The molecule has 2 aliphatic rings. The molecule has 5 rings (SSSR count). The van der Waals surface area contributed by atoms with Gasteiger partial charge in [0.25, 0.3) is 0 Å². The second-order valence-electron chi connectivity index (χ2n) is 9.37. The number of hydrogen-bond donors (Lipinski definition) is 0. The molecular formula is C23H31N7O3S. The molecule has 1 fully saturated rings. The molecule has 182 valence electrons. The molecule has 11 heteroatoms. The van der Waals surface area contributed by atoms with Crippen LogP contribution in [0.5, 0.6) is 5.75 Å². The third kappa shape index (κ3) is 4.01. The SMILES string of the molecule is CC(C)n1ncnc1-c1cn2c(n1)-c1cc(S(=O)(=O)N3CCC(N(C)C)CC3)ccc1OCC2. The monoisotopic (exact) mass is 485 g/mol. The molecule has 1 aromatic carbocycles. The number of piperidine rings is 1. The molecule has 0 bridgehead atoms. The van der Waals surface area contributed by atoms with Gasteiger partial charge in [0.05, 0.1) is 17.0 Å². The molecule has 1 saturated heterocycles. The Morgan fingerprint density at radius 2 is 1.88 bits per heavy atom. The highest BCUT2D eigenvalue weighted by atomic mass is 32.2. The fraction of sp³-hybridized carbons (Fsp3) is 0.522. The average Bonchev–Trinajstić information content (AvgIpc) is 3.43. The molecule has 0 saturated carbocycles. The fourth-order valence-electron chi connectivity index (χ4n) is 4.69. The largest absolute Gasteiger partial charge is 0.491 e. The van der Waals surface area contributed by atoms with Crippen LogP contribution in [0.3, 0.4) is 0 Å². The number of rotatable bonds is 5. The summed E-state index contributed by atoms with van der Waals surface area (Å²) >= 11 is 0. The Labute approximate surface area is 200 Å². The van der Waals surface area contributed by atoms with Gasteiger partial charge < -0.3 is 14.2 Å². The van der Waals surface area contributed by atoms with Gasteiger partial charge in [-0.3, -0.25) is 0 Å². The van der Waals surface area contributed by atoms with Gasteiger partial charge in [-0.1, -0.05) is 0 Å². The smallest absolute Gasteiger partial charge is 0.243 e. The molecule has 0 radical (unpaired) electrons. The minimum atomic E-state index is -3.62. The zero-order chi connectivity index (χ0) is 24.0. The van der Waals surface area contributed by atoms with E-state index in [-0.39, 0.29) is 10.9 Å². The summed E-state index contributed by atoms with van der Waals surface area (Å²) in [5, 5.41) is 4.32. The minimum Gasteiger partial charge on any atom is -0.491 e. The first-order valence-electron chi connectivity index (χ1n) is 11.7. The summed E-state index contributed by atoms with van der Waals surface area (Å²) in [5.41, 5.74) is 1.37. The number of nitrogens with zero attached hydrogens (tertiary/aromatic N) is 7. The first kappa shape index (κ1) is 23.0. The highest BCUT2D eigenvalue weighted by molar-refractivity contribution is 7.89. The molecule has 0 aliphatic carbocycles. The zero-order valence-electron chi connectivity index (χ0n) is 20.0. The maximum Gasteiger partial charge on any atom is 0.243 e. The summed E-state index contributed by atoms with van der Waals surface area (Å²) in [6.07, 6.45) is 5.11. The highest BCUT2D eigenvalue weighted by Gasteiger charge is 2.31. The molecule has 2 aromatic heterocycles. The maximum atomic E-state index is 13.5. The summed E-state index contributed by atoms with van der Waals surface area (Å²) in [5.74, 6) is 1.99. The highest BCUT2D eigenvalue weighted by Crippen LogP contribution is 2.36. The second kappa shape index (κ2) is 8.79. The van der Waals surface area contributed by atoms with Crippen LogP contribution in [0.2, 0.25) is 0 Å². The summed E-state index contributed by atoms with van der Waals surface area (Å²) in [6, 6.07) is 5.63. The van der Waals surface area contributed by atoms with E-state index >= 15 is 0 Å². The van der Waals surface area contributed by atoms with Crippen molar-refractivity contribution >= 4 is 10.0 Å². The van der Waals surface area contributed by atoms with E-state index < -0.39 is 10.0 Å². The summed E-state index contributed by atoms with van der Waals surface area (Å²) in [4.78, 5) is 11.7. The Kier molecular flexibility index (Phi) is 5.95. The van der Waals surface area contributed by atoms with E-state index in [0.29, 0.717) is 60.9 Å². The Morgan fingerprint density at radius 1 is 1.12 bits per heavy atom. The predicted molar refractivity (Wildman–Crippen MR) is 128 cm³/mol. The number of benzene rings is 1. The van der Waals surface area contributed by atoms with Crippen LogP contribution in [0.15, 0.2) is 35.6 Å². The quantitative estimate of drug-likeness (QED) is 0.548. The standard InChI is InChI=1S/C23H31N7O3S/c1-16(2)30-23(24-15-25-30)20-14-28-11-12-33-21-6-5-18(13-19(21)22(28)26-20)34(31,32)29-9-7-17(8-10-29)27(3)4/h5-6,13-17H,7-12H2,1-4H3. The summed E-state index contributed by atoms with van der Waals surface area (Å²) in [7, 11) is 0.468. The minimum absolute atomic E-state index is 0.142. The van der Waals surface area contributed by atoms with Gasteiger partial charge >= 0.3 is 0 Å². The Bertz CT molecular complexity index is 1290. The van der Waals surface area contributed by atoms with Crippen molar-refractivity contribution in [3.8, 4) is 28.7 Å².